The highest BCUT2D eigenvalue weighted by atomic mass is 127. The van der Waals surface area contributed by atoms with Crippen molar-refractivity contribution >= 4 is 40.0 Å². The molecule has 0 fully saturated rings. The zero-order chi connectivity index (χ0) is 14.9. The van der Waals surface area contributed by atoms with E-state index in [2.05, 4.69) is 0 Å². The summed E-state index contributed by atoms with van der Waals surface area (Å²) in [5, 5.41) is 0.403. The number of hydrogen-bond donors (Lipinski definition) is 0. The number of carbonyl (C=O) groups excluding carboxylic acids is 1. The fourth-order valence-electron chi connectivity index (χ4n) is 1.64. The molecular formula is C14H7ClF3IO. The summed E-state index contributed by atoms with van der Waals surface area (Å²) in [6.07, 6.45) is -4.41. The van der Waals surface area contributed by atoms with Crippen LogP contribution in [-0.2, 0) is 6.18 Å². The molecule has 2 rings (SSSR count). The SMILES string of the molecule is O=C(c1ccc(C(F)(F)F)cc1)c1cc(Cl)ccc1I. The van der Waals surface area contributed by atoms with Crippen LogP contribution in [0.3, 0.4) is 0 Å². The van der Waals surface area contributed by atoms with Gasteiger partial charge in [-0.1, -0.05) is 23.7 Å². The summed E-state index contributed by atoms with van der Waals surface area (Å²) in [7, 11) is 0. The Bertz CT molecular complexity index is 650. The Balaban J connectivity index is 2.37. The van der Waals surface area contributed by atoms with Gasteiger partial charge in [0, 0.05) is 19.7 Å². The maximum absolute atomic E-state index is 12.5. The minimum Gasteiger partial charge on any atom is -0.289 e. The summed E-state index contributed by atoms with van der Waals surface area (Å²) in [5.74, 6) is -0.356. The minimum atomic E-state index is -4.41. The first-order valence-electron chi connectivity index (χ1n) is 5.46. The zero-order valence-corrected chi connectivity index (χ0v) is 12.8. The molecule has 0 heterocycles. The number of halogens is 5. The second kappa shape index (κ2) is 5.73. The van der Waals surface area contributed by atoms with Crippen molar-refractivity contribution in [2.45, 2.75) is 6.18 Å². The van der Waals surface area contributed by atoms with Crippen LogP contribution in [0, 0.1) is 3.57 Å². The lowest BCUT2D eigenvalue weighted by atomic mass is 10.0. The molecule has 2 aromatic rings. The van der Waals surface area contributed by atoms with Crippen LogP contribution in [0.25, 0.3) is 0 Å². The second-order valence-electron chi connectivity index (χ2n) is 4.03. The average molecular weight is 411 g/mol. The first-order valence-corrected chi connectivity index (χ1v) is 6.92. The highest BCUT2D eigenvalue weighted by Crippen LogP contribution is 2.29. The van der Waals surface area contributed by atoms with Gasteiger partial charge in [0.25, 0.3) is 0 Å². The Kier molecular flexibility index (Phi) is 4.39. The molecular weight excluding hydrogens is 404 g/mol. The van der Waals surface area contributed by atoms with Gasteiger partial charge in [-0.2, -0.15) is 13.2 Å². The van der Waals surface area contributed by atoms with Crippen LogP contribution < -0.4 is 0 Å². The van der Waals surface area contributed by atoms with Gasteiger partial charge in [0.05, 0.1) is 5.56 Å². The van der Waals surface area contributed by atoms with E-state index >= 15 is 0 Å². The molecule has 0 bridgehead atoms. The van der Waals surface area contributed by atoms with Gasteiger partial charge in [-0.05, 0) is 52.9 Å². The molecule has 104 valence electrons. The molecule has 0 N–H and O–H groups in total. The van der Waals surface area contributed by atoms with E-state index in [1.807, 2.05) is 22.6 Å². The summed E-state index contributed by atoms with van der Waals surface area (Å²) < 4.78 is 38.1. The zero-order valence-electron chi connectivity index (χ0n) is 9.84. The summed E-state index contributed by atoms with van der Waals surface area (Å²) in [6.45, 7) is 0. The van der Waals surface area contributed by atoms with Crippen LogP contribution >= 0.6 is 34.2 Å². The van der Waals surface area contributed by atoms with Crippen LogP contribution in [-0.4, -0.2) is 5.78 Å². The molecule has 1 nitrogen and oxygen atoms in total. The third-order valence-electron chi connectivity index (χ3n) is 2.65. The number of benzene rings is 2. The summed E-state index contributed by atoms with van der Waals surface area (Å²) in [4.78, 5) is 12.2. The predicted octanol–water partition coefficient (Wildman–Crippen LogP) is 5.19. The molecule has 0 aliphatic carbocycles. The third kappa shape index (κ3) is 3.32. The molecule has 0 saturated carbocycles. The molecule has 0 amide bonds. The van der Waals surface area contributed by atoms with Gasteiger partial charge in [0.2, 0.25) is 0 Å². The van der Waals surface area contributed by atoms with Crippen LogP contribution in [0.15, 0.2) is 42.5 Å². The molecule has 2 aromatic carbocycles. The Hall–Kier alpha value is -1.08. The van der Waals surface area contributed by atoms with Gasteiger partial charge >= 0.3 is 6.18 Å². The quantitative estimate of drug-likeness (QED) is 0.492. The fraction of sp³-hybridized carbons (Fsp3) is 0.0714. The maximum Gasteiger partial charge on any atom is 0.416 e. The largest absolute Gasteiger partial charge is 0.416 e. The molecule has 0 radical (unpaired) electrons. The normalized spacial score (nSPS) is 11.4. The molecule has 0 spiro atoms. The Labute approximate surface area is 131 Å². The first kappa shape index (κ1) is 15.3. The summed E-state index contributed by atoms with van der Waals surface area (Å²) >= 11 is 7.81. The Morgan fingerprint density at radius 3 is 2.20 bits per heavy atom. The molecule has 0 aromatic heterocycles. The maximum atomic E-state index is 12.5. The molecule has 0 aliphatic rings. The highest BCUT2D eigenvalue weighted by Gasteiger charge is 2.30. The van der Waals surface area contributed by atoms with E-state index in [4.69, 9.17) is 11.6 Å². The van der Waals surface area contributed by atoms with E-state index in [1.165, 1.54) is 18.2 Å². The van der Waals surface area contributed by atoms with Crippen LogP contribution in [0.4, 0.5) is 13.2 Å². The number of rotatable bonds is 2. The average Bonchev–Trinajstić information content (AvgIpc) is 2.40. The molecule has 20 heavy (non-hydrogen) atoms. The topological polar surface area (TPSA) is 17.1 Å². The molecule has 0 unspecified atom stereocenters. The molecule has 0 aliphatic heterocycles. The van der Waals surface area contributed by atoms with Gasteiger partial charge in [0.15, 0.2) is 5.78 Å². The van der Waals surface area contributed by atoms with Crippen molar-refractivity contribution < 1.29 is 18.0 Å². The van der Waals surface area contributed by atoms with E-state index in [-0.39, 0.29) is 11.3 Å². The van der Waals surface area contributed by atoms with Crippen LogP contribution in [0.2, 0.25) is 5.02 Å². The van der Waals surface area contributed by atoms with Crippen molar-refractivity contribution in [3.8, 4) is 0 Å². The smallest absolute Gasteiger partial charge is 0.289 e. The van der Waals surface area contributed by atoms with E-state index in [1.54, 1.807) is 12.1 Å². The Morgan fingerprint density at radius 1 is 1.05 bits per heavy atom. The van der Waals surface area contributed by atoms with Crippen molar-refractivity contribution in [2.75, 3.05) is 0 Å². The lowest BCUT2D eigenvalue weighted by molar-refractivity contribution is -0.137. The molecule has 0 saturated heterocycles. The lowest BCUT2D eigenvalue weighted by Gasteiger charge is -2.08. The Morgan fingerprint density at radius 2 is 1.65 bits per heavy atom. The van der Waals surface area contributed by atoms with Gasteiger partial charge in [0.1, 0.15) is 0 Å². The first-order chi connectivity index (χ1) is 9.29. The highest BCUT2D eigenvalue weighted by molar-refractivity contribution is 14.1. The van der Waals surface area contributed by atoms with Crippen molar-refractivity contribution in [3.63, 3.8) is 0 Å². The van der Waals surface area contributed by atoms with Crippen LogP contribution in [0.1, 0.15) is 21.5 Å². The van der Waals surface area contributed by atoms with Crippen molar-refractivity contribution in [1.82, 2.24) is 0 Å². The second-order valence-corrected chi connectivity index (χ2v) is 5.63. The summed E-state index contributed by atoms with van der Waals surface area (Å²) in [5.41, 5.74) is -0.217. The number of carbonyl (C=O) groups is 1. The number of hydrogen-bond acceptors (Lipinski definition) is 1. The van der Waals surface area contributed by atoms with Crippen molar-refractivity contribution in [3.05, 3.63) is 67.7 Å². The third-order valence-corrected chi connectivity index (χ3v) is 3.82. The predicted molar refractivity (Wildman–Crippen MR) is 79.0 cm³/mol. The minimum absolute atomic E-state index is 0.193. The van der Waals surface area contributed by atoms with Crippen molar-refractivity contribution in [2.24, 2.45) is 0 Å². The van der Waals surface area contributed by atoms with Gasteiger partial charge in [-0.15, -0.1) is 0 Å². The number of ketones is 1. The summed E-state index contributed by atoms with van der Waals surface area (Å²) in [6, 6.07) is 8.95. The standard InChI is InChI=1S/C14H7ClF3IO/c15-10-5-6-12(19)11(7-10)13(20)8-1-3-9(4-2-8)14(16,17)18/h1-7H. The van der Waals surface area contributed by atoms with E-state index in [9.17, 15) is 18.0 Å². The van der Waals surface area contributed by atoms with E-state index < -0.39 is 11.7 Å². The monoisotopic (exact) mass is 410 g/mol. The lowest BCUT2D eigenvalue weighted by Crippen LogP contribution is -2.07. The molecule has 6 heteroatoms. The number of alkyl halides is 3. The molecule has 0 atom stereocenters. The van der Waals surface area contributed by atoms with E-state index in [0.29, 0.717) is 14.2 Å². The fourth-order valence-corrected chi connectivity index (χ4v) is 2.39. The van der Waals surface area contributed by atoms with Gasteiger partial charge in [-0.3, -0.25) is 4.79 Å². The van der Waals surface area contributed by atoms with Gasteiger partial charge in [-0.25, -0.2) is 0 Å². The van der Waals surface area contributed by atoms with Crippen molar-refractivity contribution in [1.29, 1.82) is 0 Å². The van der Waals surface area contributed by atoms with Gasteiger partial charge < -0.3 is 0 Å². The van der Waals surface area contributed by atoms with Crippen LogP contribution in [0.5, 0.6) is 0 Å². The van der Waals surface area contributed by atoms with E-state index in [0.717, 1.165) is 12.1 Å².